The van der Waals surface area contributed by atoms with E-state index in [1.54, 1.807) is 0 Å². The lowest BCUT2D eigenvalue weighted by atomic mass is 10.1. The van der Waals surface area contributed by atoms with Gasteiger partial charge in [-0.2, -0.15) is 13.2 Å². The molecule has 0 unspecified atom stereocenters. The number of halogens is 4. The van der Waals surface area contributed by atoms with Crippen LogP contribution in [0.15, 0.2) is 18.2 Å². The molecule has 2 nitrogen and oxygen atoms in total. The van der Waals surface area contributed by atoms with Gasteiger partial charge in [0.2, 0.25) is 0 Å². The second kappa shape index (κ2) is 4.61. The molecule has 0 radical (unpaired) electrons. The second-order valence-electron chi connectivity index (χ2n) is 3.97. The number of aromatic amines is 1. The third-order valence-electron chi connectivity index (χ3n) is 2.76. The first-order valence-corrected chi connectivity index (χ1v) is 5.42. The van der Waals surface area contributed by atoms with Crippen molar-refractivity contribution < 1.29 is 22.7 Å². The van der Waals surface area contributed by atoms with Gasteiger partial charge in [-0.25, -0.2) is 4.39 Å². The maximum atomic E-state index is 13.4. The van der Waals surface area contributed by atoms with Crippen LogP contribution in [0.3, 0.4) is 0 Å². The first-order valence-electron chi connectivity index (χ1n) is 5.42. The Balaban J connectivity index is 2.65. The lowest BCUT2D eigenvalue weighted by Gasteiger charge is -2.07. The zero-order valence-electron chi connectivity index (χ0n) is 9.31. The molecule has 0 spiro atoms. The van der Waals surface area contributed by atoms with Crippen LogP contribution in [0.2, 0.25) is 0 Å². The van der Waals surface area contributed by atoms with Crippen molar-refractivity contribution in [3.8, 4) is 0 Å². The third kappa shape index (κ3) is 2.20. The molecule has 2 rings (SSSR count). The lowest BCUT2D eigenvalue weighted by molar-refractivity contribution is -0.141. The molecule has 1 heterocycles. The standard InChI is InChI=1S/C12H11F4NO/c13-9-5-1-3-7-8(4-2-6-18)11(12(14,15)16)17-10(7)9/h1,3,5,17-18H,2,4,6H2. The molecule has 0 atom stereocenters. The number of fused-ring (bicyclic) bond motifs is 1. The molecule has 18 heavy (non-hydrogen) atoms. The minimum absolute atomic E-state index is 0.00560. The predicted molar refractivity (Wildman–Crippen MR) is 58.7 cm³/mol. The number of H-pyrrole nitrogens is 1. The number of rotatable bonds is 3. The van der Waals surface area contributed by atoms with Gasteiger partial charge >= 0.3 is 6.18 Å². The van der Waals surface area contributed by atoms with Gasteiger partial charge in [-0.05, 0) is 24.5 Å². The summed E-state index contributed by atoms with van der Waals surface area (Å²) in [6, 6.07) is 3.92. The maximum Gasteiger partial charge on any atom is 0.431 e. The van der Waals surface area contributed by atoms with Crippen molar-refractivity contribution in [2.45, 2.75) is 19.0 Å². The smallest absolute Gasteiger partial charge is 0.396 e. The van der Waals surface area contributed by atoms with E-state index in [1.807, 2.05) is 0 Å². The van der Waals surface area contributed by atoms with Gasteiger partial charge < -0.3 is 10.1 Å². The minimum atomic E-state index is -4.56. The van der Waals surface area contributed by atoms with E-state index >= 15 is 0 Å². The van der Waals surface area contributed by atoms with E-state index in [2.05, 4.69) is 4.98 Å². The topological polar surface area (TPSA) is 36.0 Å². The Kier molecular flexibility index (Phi) is 3.30. The van der Waals surface area contributed by atoms with Crippen molar-refractivity contribution in [2.75, 3.05) is 6.61 Å². The molecule has 1 aromatic carbocycles. The van der Waals surface area contributed by atoms with E-state index in [4.69, 9.17) is 5.11 Å². The summed E-state index contributed by atoms with van der Waals surface area (Å²) in [7, 11) is 0. The molecule has 2 aromatic rings. The highest BCUT2D eigenvalue weighted by molar-refractivity contribution is 5.85. The Morgan fingerprint density at radius 1 is 1.22 bits per heavy atom. The van der Waals surface area contributed by atoms with E-state index in [9.17, 15) is 17.6 Å². The van der Waals surface area contributed by atoms with Crippen LogP contribution in [-0.4, -0.2) is 16.7 Å². The number of alkyl halides is 3. The molecule has 0 aliphatic rings. The largest absolute Gasteiger partial charge is 0.431 e. The van der Waals surface area contributed by atoms with Gasteiger partial charge in [0.15, 0.2) is 0 Å². The molecular weight excluding hydrogens is 250 g/mol. The molecule has 0 bridgehead atoms. The van der Waals surface area contributed by atoms with E-state index in [-0.39, 0.29) is 35.9 Å². The number of benzene rings is 1. The highest BCUT2D eigenvalue weighted by atomic mass is 19.4. The zero-order valence-corrected chi connectivity index (χ0v) is 9.31. The van der Waals surface area contributed by atoms with Crippen molar-refractivity contribution in [1.82, 2.24) is 4.98 Å². The minimum Gasteiger partial charge on any atom is -0.396 e. The summed E-state index contributed by atoms with van der Waals surface area (Å²) < 4.78 is 51.9. The van der Waals surface area contributed by atoms with Crippen molar-refractivity contribution in [3.05, 3.63) is 35.3 Å². The Hall–Kier alpha value is -1.56. The van der Waals surface area contributed by atoms with Gasteiger partial charge in [0.25, 0.3) is 0 Å². The van der Waals surface area contributed by atoms with Gasteiger partial charge in [-0.15, -0.1) is 0 Å². The zero-order chi connectivity index (χ0) is 13.3. The fourth-order valence-corrected chi connectivity index (χ4v) is 2.00. The highest BCUT2D eigenvalue weighted by Gasteiger charge is 2.36. The Labute approximate surface area is 100 Å². The molecule has 0 saturated carbocycles. The number of aryl methyl sites for hydroxylation is 1. The fourth-order valence-electron chi connectivity index (χ4n) is 2.00. The summed E-state index contributed by atoms with van der Waals surface area (Å²) in [6.45, 7) is -0.209. The van der Waals surface area contributed by atoms with E-state index < -0.39 is 17.7 Å². The van der Waals surface area contributed by atoms with Gasteiger partial charge in [0.1, 0.15) is 11.5 Å². The molecular formula is C12H11F4NO. The number of aliphatic hydroxyl groups is 1. The lowest BCUT2D eigenvalue weighted by Crippen LogP contribution is -2.09. The molecule has 0 saturated heterocycles. The Bertz CT molecular complexity index is 559. The predicted octanol–water partition coefficient (Wildman–Crippen LogP) is 3.25. The quantitative estimate of drug-likeness (QED) is 0.817. The normalized spacial score (nSPS) is 12.3. The van der Waals surface area contributed by atoms with Crippen molar-refractivity contribution >= 4 is 10.9 Å². The summed E-state index contributed by atoms with van der Waals surface area (Å²) in [5, 5.41) is 8.94. The average molecular weight is 261 g/mol. The SMILES string of the molecule is OCCCc1c(C(F)(F)F)[nH]c2c(F)cccc12. The van der Waals surface area contributed by atoms with Crippen LogP contribution in [-0.2, 0) is 12.6 Å². The van der Waals surface area contributed by atoms with Gasteiger partial charge in [0.05, 0.1) is 5.52 Å². The van der Waals surface area contributed by atoms with Crippen LogP contribution in [0, 0.1) is 5.82 Å². The highest BCUT2D eigenvalue weighted by Crippen LogP contribution is 2.36. The van der Waals surface area contributed by atoms with Gasteiger partial charge in [-0.3, -0.25) is 0 Å². The van der Waals surface area contributed by atoms with Gasteiger partial charge in [0, 0.05) is 12.0 Å². The van der Waals surface area contributed by atoms with Crippen LogP contribution in [0.1, 0.15) is 17.7 Å². The number of para-hydroxylation sites is 1. The molecule has 98 valence electrons. The summed E-state index contributed by atoms with van der Waals surface area (Å²) >= 11 is 0. The fraction of sp³-hybridized carbons (Fsp3) is 0.333. The van der Waals surface area contributed by atoms with Crippen molar-refractivity contribution in [1.29, 1.82) is 0 Å². The van der Waals surface area contributed by atoms with Crippen molar-refractivity contribution in [2.24, 2.45) is 0 Å². The third-order valence-corrected chi connectivity index (χ3v) is 2.76. The summed E-state index contributed by atoms with van der Waals surface area (Å²) in [5.41, 5.74) is -1.07. The van der Waals surface area contributed by atoms with Crippen LogP contribution >= 0.6 is 0 Å². The van der Waals surface area contributed by atoms with E-state index in [1.165, 1.54) is 12.1 Å². The number of aromatic nitrogens is 1. The summed E-state index contributed by atoms with van der Waals surface area (Å²) in [5.74, 6) is -0.715. The average Bonchev–Trinajstić information content (AvgIpc) is 2.66. The maximum absolute atomic E-state index is 13.4. The molecule has 1 aromatic heterocycles. The molecule has 0 aliphatic carbocycles. The Morgan fingerprint density at radius 2 is 1.94 bits per heavy atom. The van der Waals surface area contributed by atoms with E-state index in [0.717, 1.165) is 6.07 Å². The summed E-state index contributed by atoms with van der Waals surface area (Å²) in [6.07, 6.45) is -4.31. The Morgan fingerprint density at radius 3 is 2.56 bits per heavy atom. The van der Waals surface area contributed by atoms with Crippen molar-refractivity contribution in [3.63, 3.8) is 0 Å². The van der Waals surface area contributed by atoms with Crippen LogP contribution in [0.4, 0.5) is 17.6 Å². The molecule has 2 N–H and O–H groups in total. The van der Waals surface area contributed by atoms with E-state index in [0.29, 0.717) is 0 Å². The van der Waals surface area contributed by atoms with Crippen LogP contribution in [0.5, 0.6) is 0 Å². The second-order valence-corrected chi connectivity index (χ2v) is 3.97. The van der Waals surface area contributed by atoms with Gasteiger partial charge in [-0.1, -0.05) is 12.1 Å². The number of hydrogen-bond acceptors (Lipinski definition) is 1. The molecule has 0 amide bonds. The van der Waals surface area contributed by atoms with Crippen LogP contribution < -0.4 is 0 Å². The first kappa shape index (κ1) is 12.9. The number of hydrogen-bond donors (Lipinski definition) is 2. The molecule has 6 heteroatoms. The summed E-state index contributed by atoms with van der Waals surface area (Å²) in [4.78, 5) is 2.10. The monoisotopic (exact) mass is 261 g/mol. The number of nitrogens with one attached hydrogen (secondary N) is 1. The van der Waals surface area contributed by atoms with Crippen LogP contribution in [0.25, 0.3) is 10.9 Å². The molecule has 0 aliphatic heterocycles. The first-order chi connectivity index (χ1) is 8.45. The molecule has 0 fully saturated rings. The number of aliphatic hydroxyl groups excluding tert-OH is 1.